The Morgan fingerprint density at radius 1 is 1.06 bits per heavy atom. The topological polar surface area (TPSA) is 18.5 Å². The molecule has 0 bridgehead atoms. The maximum atomic E-state index is 5.53. The van der Waals surface area contributed by atoms with Crippen LogP contribution in [0.5, 0.6) is 11.5 Å². The van der Waals surface area contributed by atoms with Crippen LogP contribution in [0.3, 0.4) is 0 Å². The number of methoxy groups -OCH3 is 2. The second kappa shape index (κ2) is 6.46. The van der Waals surface area contributed by atoms with Crippen molar-refractivity contribution in [3.8, 4) is 11.5 Å². The fraction of sp³-hybridized carbons (Fsp3) is 0.600. The molecule has 1 aromatic carbocycles. The van der Waals surface area contributed by atoms with Crippen LogP contribution in [0.4, 0.5) is 0 Å². The Kier molecular flexibility index (Phi) is 4.93. The summed E-state index contributed by atoms with van der Waals surface area (Å²) in [7, 11) is 3.42. The van der Waals surface area contributed by atoms with Crippen LogP contribution in [-0.4, -0.2) is 19.0 Å². The monoisotopic (exact) mass is 312 g/mol. The van der Waals surface area contributed by atoms with Crippen LogP contribution >= 0.6 is 15.9 Å². The lowest BCUT2D eigenvalue weighted by Gasteiger charge is -2.23. The molecule has 0 heterocycles. The molecule has 0 aromatic heterocycles. The summed E-state index contributed by atoms with van der Waals surface area (Å²) >= 11 is 3.85. The average Bonchev–Trinajstić information content (AvgIpc) is 2.62. The molecule has 1 aliphatic rings. The molecule has 2 unspecified atom stereocenters. The Morgan fingerprint density at radius 2 is 1.83 bits per heavy atom. The van der Waals surface area contributed by atoms with Crippen LogP contribution in [0.2, 0.25) is 0 Å². The number of benzene rings is 1. The van der Waals surface area contributed by atoms with Crippen molar-refractivity contribution in [3.63, 3.8) is 0 Å². The lowest BCUT2D eigenvalue weighted by Crippen LogP contribution is -2.12. The Balaban J connectivity index is 2.30. The van der Waals surface area contributed by atoms with Crippen molar-refractivity contribution in [3.05, 3.63) is 23.8 Å². The van der Waals surface area contributed by atoms with E-state index in [1.807, 2.05) is 12.1 Å². The second-order valence-corrected chi connectivity index (χ2v) is 6.04. The molecule has 2 rings (SSSR count). The zero-order valence-electron chi connectivity index (χ0n) is 11.1. The Labute approximate surface area is 118 Å². The van der Waals surface area contributed by atoms with Crippen LogP contribution in [0.1, 0.15) is 43.6 Å². The van der Waals surface area contributed by atoms with Gasteiger partial charge in [0.15, 0.2) is 0 Å². The number of ether oxygens (including phenoxy) is 2. The fourth-order valence-electron chi connectivity index (χ4n) is 2.74. The van der Waals surface area contributed by atoms with E-state index in [-0.39, 0.29) is 0 Å². The highest BCUT2D eigenvalue weighted by atomic mass is 79.9. The highest BCUT2D eigenvalue weighted by Crippen LogP contribution is 2.41. The van der Waals surface area contributed by atoms with Crippen LogP contribution in [0.25, 0.3) is 0 Å². The predicted octanol–water partition coefficient (Wildman–Crippen LogP) is 4.52. The van der Waals surface area contributed by atoms with Gasteiger partial charge in [0.1, 0.15) is 11.5 Å². The summed E-state index contributed by atoms with van der Waals surface area (Å²) in [5.74, 6) is 2.36. The molecule has 100 valence electrons. The molecule has 1 fully saturated rings. The zero-order chi connectivity index (χ0) is 13.0. The Hall–Kier alpha value is -0.700. The molecular weight excluding hydrogens is 292 g/mol. The number of halogens is 1. The van der Waals surface area contributed by atoms with Crippen molar-refractivity contribution in [2.75, 3.05) is 14.2 Å². The van der Waals surface area contributed by atoms with Crippen LogP contribution < -0.4 is 9.47 Å². The third-order valence-electron chi connectivity index (χ3n) is 3.77. The van der Waals surface area contributed by atoms with Crippen LogP contribution in [0.15, 0.2) is 18.2 Å². The van der Waals surface area contributed by atoms with E-state index in [0.717, 1.165) is 11.5 Å². The lowest BCUT2D eigenvalue weighted by molar-refractivity contribution is 0.387. The molecule has 1 aliphatic carbocycles. The minimum atomic E-state index is 0.549. The van der Waals surface area contributed by atoms with Crippen molar-refractivity contribution in [2.45, 2.75) is 42.8 Å². The van der Waals surface area contributed by atoms with Crippen molar-refractivity contribution in [2.24, 2.45) is 0 Å². The van der Waals surface area contributed by atoms with Gasteiger partial charge in [-0.25, -0.2) is 0 Å². The van der Waals surface area contributed by atoms with Gasteiger partial charge in [0.25, 0.3) is 0 Å². The molecule has 0 spiro atoms. The van der Waals surface area contributed by atoms with E-state index in [0.29, 0.717) is 10.7 Å². The summed E-state index contributed by atoms with van der Waals surface area (Å²) in [6, 6.07) is 6.17. The molecule has 0 aliphatic heterocycles. The summed E-state index contributed by atoms with van der Waals surface area (Å²) in [6.45, 7) is 0. The van der Waals surface area contributed by atoms with E-state index in [4.69, 9.17) is 9.47 Å². The molecule has 0 amide bonds. The number of alkyl halides is 1. The molecule has 2 atom stereocenters. The predicted molar refractivity (Wildman–Crippen MR) is 78.1 cm³/mol. The van der Waals surface area contributed by atoms with Crippen molar-refractivity contribution in [1.29, 1.82) is 0 Å². The van der Waals surface area contributed by atoms with E-state index >= 15 is 0 Å². The van der Waals surface area contributed by atoms with E-state index in [9.17, 15) is 0 Å². The van der Waals surface area contributed by atoms with E-state index in [1.54, 1.807) is 14.2 Å². The first kappa shape index (κ1) is 13.7. The first-order chi connectivity index (χ1) is 8.76. The third kappa shape index (κ3) is 3.00. The highest BCUT2D eigenvalue weighted by Gasteiger charge is 2.25. The molecule has 0 N–H and O–H groups in total. The van der Waals surface area contributed by atoms with Crippen molar-refractivity contribution >= 4 is 15.9 Å². The normalized spacial score (nSPS) is 24.4. The average molecular weight is 313 g/mol. The molecule has 1 aromatic rings. The summed E-state index contributed by atoms with van der Waals surface area (Å²) in [5.41, 5.74) is 1.31. The largest absolute Gasteiger partial charge is 0.497 e. The number of hydrogen-bond donors (Lipinski definition) is 0. The first-order valence-corrected chi connectivity index (χ1v) is 7.54. The Bertz CT molecular complexity index is 392. The van der Waals surface area contributed by atoms with Gasteiger partial charge >= 0.3 is 0 Å². The van der Waals surface area contributed by atoms with Gasteiger partial charge in [0.05, 0.1) is 14.2 Å². The maximum Gasteiger partial charge on any atom is 0.126 e. The lowest BCUT2D eigenvalue weighted by atomic mass is 9.91. The van der Waals surface area contributed by atoms with Gasteiger partial charge in [-0.2, -0.15) is 0 Å². The summed E-state index contributed by atoms with van der Waals surface area (Å²) < 4.78 is 10.8. The minimum Gasteiger partial charge on any atom is -0.497 e. The van der Waals surface area contributed by atoms with Gasteiger partial charge in [0, 0.05) is 16.8 Å². The molecule has 2 nitrogen and oxygen atoms in total. The SMILES string of the molecule is COc1ccc(C2CCCCCC2Br)c(OC)c1. The van der Waals surface area contributed by atoms with Gasteiger partial charge < -0.3 is 9.47 Å². The van der Waals surface area contributed by atoms with Gasteiger partial charge in [0.2, 0.25) is 0 Å². The van der Waals surface area contributed by atoms with Crippen LogP contribution in [-0.2, 0) is 0 Å². The quantitative estimate of drug-likeness (QED) is 0.603. The number of rotatable bonds is 3. The highest BCUT2D eigenvalue weighted by molar-refractivity contribution is 9.09. The van der Waals surface area contributed by atoms with Gasteiger partial charge in [-0.05, 0) is 24.5 Å². The molecule has 3 heteroatoms. The summed E-state index contributed by atoms with van der Waals surface area (Å²) in [6.07, 6.45) is 6.46. The number of hydrogen-bond acceptors (Lipinski definition) is 2. The van der Waals surface area contributed by atoms with Gasteiger partial charge in [-0.15, -0.1) is 0 Å². The third-order valence-corrected chi connectivity index (χ3v) is 4.87. The molecule has 0 radical (unpaired) electrons. The maximum absolute atomic E-state index is 5.53. The van der Waals surface area contributed by atoms with E-state index in [2.05, 4.69) is 22.0 Å². The molecular formula is C15H21BrO2. The second-order valence-electron chi connectivity index (χ2n) is 4.87. The zero-order valence-corrected chi connectivity index (χ0v) is 12.7. The molecule has 1 saturated carbocycles. The van der Waals surface area contributed by atoms with Gasteiger partial charge in [-0.3, -0.25) is 0 Å². The van der Waals surface area contributed by atoms with Gasteiger partial charge in [-0.1, -0.05) is 41.3 Å². The smallest absolute Gasteiger partial charge is 0.126 e. The standard InChI is InChI=1S/C15H21BrO2/c1-17-11-8-9-13(15(10-11)18-2)12-6-4-3-5-7-14(12)16/h8-10,12,14H,3-7H2,1-2H3. The van der Waals surface area contributed by atoms with Crippen LogP contribution in [0, 0.1) is 0 Å². The fourth-order valence-corrected chi connectivity index (χ4v) is 3.61. The molecule has 18 heavy (non-hydrogen) atoms. The summed E-state index contributed by atoms with van der Waals surface area (Å²) in [4.78, 5) is 0.558. The van der Waals surface area contributed by atoms with Crippen molar-refractivity contribution in [1.82, 2.24) is 0 Å². The van der Waals surface area contributed by atoms with Crippen molar-refractivity contribution < 1.29 is 9.47 Å². The molecule has 0 saturated heterocycles. The first-order valence-electron chi connectivity index (χ1n) is 6.62. The van der Waals surface area contributed by atoms with E-state index in [1.165, 1.54) is 37.7 Å². The Morgan fingerprint density at radius 3 is 2.56 bits per heavy atom. The van der Waals surface area contributed by atoms with E-state index < -0.39 is 0 Å². The summed E-state index contributed by atoms with van der Waals surface area (Å²) in [5, 5.41) is 0. The minimum absolute atomic E-state index is 0.549.